The topological polar surface area (TPSA) is 203 Å². The second-order valence-electron chi connectivity index (χ2n) is 6.79. The molecule has 1 heterocycles. The van der Waals surface area contributed by atoms with Crippen LogP contribution in [0.2, 0.25) is 3.98 Å². The van der Waals surface area contributed by atoms with Crippen molar-refractivity contribution in [2.45, 2.75) is 66.5 Å². The molecule has 0 bridgehead atoms. The van der Waals surface area contributed by atoms with Crippen LogP contribution in [0, 0.1) is 0 Å². The number of amides is 3. The summed E-state index contributed by atoms with van der Waals surface area (Å²) in [6.45, 7) is 1.39. The Labute approximate surface area is 184 Å². The summed E-state index contributed by atoms with van der Waals surface area (Å²) in [7, 11) is 0. The first kappa shape index (κ1) is 26.1. The molecule has 3 amide bonds. The molecule has 1 saturated heterocycles. The number of hydrogen-bond acceptors (Lipinski definition) is 9. The zero-order valence-corrected chi connectivity index (χ0v) is 20.6. The first-order valence-corrected chi connectivity index (χ1v) is 12.4. The quantitative estimate of drug-likeness (QED) is 0.0883. The van der Waals surface area contributed by atoms with Gasteiger partial charge in [0, 0.05) is 0 Å². The first-order valence-electron chi connectivity index (χ1n) is 9.26. The summed E-state index contributed by atoms with van der Waals surface area (Å²) in [5.74, 6) is -1.82. The molecule has 0 aromatic rings. The Kier molecular flexibility index (Phi) is 11.5. The van der Waals surface area contributed by atoms with Gasteiger partial charge in [-0.1, -0.05) is 0 Å². The molecule has 1 aliphatic rings. The first-order chi connectivity index (χ1) is 13.6. The van der Waals surface area contributed by atoms with E-state index in [9.17, 15) is 29.7 Å². The Balaban J connectivity index is 2.50. The summed E-state index contributed by atoms with van der Waals surface area (Å²) in [5, 5.41) is 45.8. The van der Waals surface area contributed by atoms with E-state index in [4.69, 9.17) is 15.6 Å². The van der Waals surface area contributed by atoms with Gasteiger partial charge in [0.05, 0.1) is 6.61 Å². The fraction of sp³-hybridized carbons (Fsp3) is 0.812. The summed E-state index contributed by atoms with van der Waals surface area (Å²) in [5.41, 5.74) is 5.70. The third-order valence-electron chi connectivity index (χ3n) is 4.37. The Bertz CT molecular complexity index is 567. The fourth-order valence-electron chi connectivity index (χ4n) is 2.58. The summed E-state index contributed by atoms with van der Waals surface area (Å²) in [6.07, 6.45) is -7.00. The monoisotopic (exact) mass is 610 g/mol. The Morgan fingerprint density at radius 3 is 2.38 bits per heavy atom. The van der Waals surface area contributed by atoms with E-state index >= 15 is 0 Å². The fourth-order valence-corrected chi connectivity index (χ4v) is 3.38. The molecule has 0 spiro atoms. The molecule has 1 aliphatic heterocycles. The van der Waals surface area contributed by atoms with Crippen molar-refractivity contribution < 1.29 is 39.5 Å². The number of carbonyl (C=O) groups excluding carboxylic acids is 3. The van der Waals surface area contributed by atoms with E-state index in [1.54, 1.807) is 0 Å². The van der Waals surface area contributed by atoms with Crippen molar-refractivity contribution in [1.29, 1.82) is 0 Å². The van der Waals surface area contributed by atoms with Crippen molar-refractivity contribution in [1.82, 2.24) is 16.0 Å². The van der Waals surface area contributed by atoms with Gasteiger partial charge >= 0.3 is 122 Å². The van der Waals surface area contributed by atoms with Gasteiger partial charge in [-0.2, -0.15) is 0 Å². The molecule has 29 heavy (non-hydrogen) atoms. The van der Waals surface area contributed by atoms with E-state index < -0.39 is 67.6 Å². The Hall–Kier alpha value is -0.908. The van der Waals surface area contributed by atoms with Gasteiger partial charge < -0.3 is 25.2 Å². The van der Waals surface area contributed by atoms with Gasteiger partial charge in [-0.25, -0.2) is 0 Å². The van der Waals surface area contributed by atoms with Gasteiger partial charge in [-0.3, -0.25) is 0 Å². The van der Waals surface area contributed by atoms with E-state index in [0.29, 0.717) is 6.54 Å². The third-order valence-corrected chi connectivity index (χ3v) is 5.96. The van der Waals surface area contributed by atoms with Gasteiger partial charge in [-0.05, 0) is 0 Å². The van der Waals surface area contributed by atoms with Crippen molar-refractivity contribution >= 4 is 43.5 Å². The molecule has 0 radical (unpaired) electrons. The molecule has 12 nitrogen and oxygen atoms in total. The van der Waals surface area contributed by atoms with E-state index in [1.165, 1.54) is 6.92 Å². The third kappa shape index (κ3) is 8.03. The standard InChI is InChI=1S/C16H29N4O8.Tl/c1-3-4-18-14(26)7(2)19-15(27)8(17)5-10(22)20-16-13(25)12(24)11(23)9(6-21)28-16;/h7-9,11-13,16,21,23-25H,1,3-6,17H2,2H3,(H,18,26)(H,19,27)(H,20,22);. The number of aliphatic hydroxyl groups is 4. The second kappa shape index (κ2) is 12.7. The summed E-state index contributed by atoms with van der Waals surface area (Å²) < 4.78 is 6.23. The molecule has 13 heteroatoms. The summed E-state index contributed by atoms with van der Waals surface area (Å²) in [4.78, 5) is 36.1. The van der Waals surface area contributed by atoms with Crippen LogP contribution >= 0.6 is 0 Å². The SMILES string of the molecule is CC(NC(=O)C(N)CC(=O)NC1OC(CO)C(O)C(O)C1O)C(=O)NCC[CH2][Tl]. The predicted octanol–water partition coefficient (Wildman–Crippen LogP) is -4.78. The second-order valence-corrected chi connectivity index (χ2v) is 9.04. The number of aliphatic hydroxyl groups excluding tert-OH is 4. The molecule has 7 atom stereocenters. The molecule has 0 aromatic carbocycles. The van der Waals surface area contributed by atoms with E-state index in [1.807, 2.05) is 0 Å². The normalized spacial score (nSPS) is 28.8. The number of rotatable bonds is 10. The summed E-state index contributed by atoms with van der Waals surface area (Å²) >= 11 is 0.862. The number of ether oxygens (including phenoxy) is 1. The van der Waals surface area contributed by atoms with Gasteiger partial charge in [0.25, 0.3) is 0 Å². The van der Waals surface area contributed by atoms with Crippen LogP contribution in [0.15, 0.2) is 0 Å². The van der Waals surface area contributed by atoms with Gasteiger partial charge in [-0.15, -0.1) is 0 Å². The molecule has 0 aliphatic carbocycles. The average Bonchev–Trinajstić information content (AvgIpc) is 2.68. The zero-order chi connectivity index (χ0) is 22.1. The maximum absolute atomic E-state index is 12.1. The molecule has 164 valence electrons. The van der Waals surface area contributed by atoms with Crippen LogP contribution in [-0.2, 0) is 19.1 Å². The van der Waals surface area contributed by atoms with Gasteiger partial charge in [0.1, 0.15) is 24.4 Å². The van der Waals surface area contributed by atoms with E-state index in [-0.39, 0.29) is 5.91 Å². The molecule has 1 rings (SSSR count). The number of nitrogens with one attached hydrogen (secondary N) is 3. The Morgan fingerprint density at radius 2 is 1.79 bits per heavy atom. The molecule has 1 fully saturated rings. The van der Waals surface area contributed by atoms with Crippen molar-refractivity contribution in [3.05, 3.63) is 0 Å². The average molecular weight is 610 g/mol. The van der Waals surface area contributed by atoms with Crippen LogP contribution in [0.25, 0.3) is 0 Å². The molecule has 9 N–H and O–H groups in total. The van der Waals surface area contributed by atoms with Crippen molar-refractivity contribution in [2.24, 2.45) is 5.73 Å². The van der Waals surface area contributed by atoms with E-state index in [0.717, 1.165) is 36.2 Å². The number of carbonyl (C=O) groups is 3. The van der Waals surface area contributed by atoms with Crippen LogP contribution in [0.1, 0.15) is 19.8 Å². The van der Waals surface area contributed by atoms with Crippen LogP contribution < -0.4 is 21.7 Å². The molecular formula is C16H29N4O8Tl. The van der Waals surface area contributed by atoms with Gasteiger partial charge in [0.2, 0.25) is 0 Å². The Morgan fingerprint density at radius 1 is 1.14 bits per heavy atom. The van der Waals surface area contributed by atoms with Crippen LogP contribution in [-0.4, -0.2) is 120 Å². The molecular weight excluding hydrogens is 581 g/mol. The maximum atomic E-state index is 12.1. The van der Waals surface area contributed by atoms with E-state index in [2.05, 4.69) is 16.0 Å². The number of nitrogens with two attached hydrogens (primary N) is 1. The van der Waals surface area contributed by atoms with Crippen LogP contribution in [0.3, 0.4) is 0 Å². The predicted molar refractivity (Wildman–Crippen MR) is 100 cm³/mol. The van der Waals surface area contributed by atoms with Crippen LogP contribution in [0.5, 0.6) is 0 Å². The van der Waals surface area contributed by atoms with Crippen molar-refractivity contribution in [2.75, 3.05) is 13.2 Å². The minimum absolute atomic E-state index is 0.352. The zero-order valence-electron chi connectivity index (χ0n) is 16.2. The van der Waals surface area contributed by atoms with Crippen molar-refractivity contribution in [3.63, 3.8) is 0 Å². The molecule has 7 unspecified atom stereocenters. The minimum atomic E-state index is -1.64. The summed E-state index contributed by atoms with van der Waals surface area (Å²) in [6, 6.07) is -2.09. The van der Waals surface area contributed by atoms with Gasteiger partial charge in [0.15, 0.2) is 6.23 Å². The van der Waals surface area contributed by atoms with Crippen molar-refractivity contribution in [3.8, 4) is 0 Å². The molecule has 0 saturated carbocycles. The molecule has 0 aromatic heterocycles. The van der Waals surface area contributed by atoms with Crippen LogP contribution in [0.4, 0.5) is 0 Å². The number of hydrogen-bond donors (Lipinski definition) is 8.